The minimum Gasteiger partial charge on any atom is -0.394 e. The molecule has 9 heteroatoms. The molecule has 0 spiro atoms. The van der Waals surface area contributed by atoms with Gasteiger partial charge in [0.25, 0.3) is 0 Å². The maximum absolute atomic E-state index is 10.1. The Hall–Kier alpha value is -1.81. The van der Waals surface area contributed by atoms with E-state index in [1.54, 1.807) is 12.4 Å². The van der Waals surface area contributed by atoms with Crippen molar-refractivity contribution in [1.82, 2.24) is 19.7 Å². The Balaban J connectivity index is 1.94. The Morgan fingerprint density at radius 1 is 1.22 bits per heavy atom. The summed E-state index contributed by atoms with van der Waals surface area (Å²) in [6.07, 6.45) is -0.887. The summed E-state index contributed by atoms with van der Waals surface area (Å²) in [6.45, 7) is 5.27. The third-order valence-corrected chi connectivity index (χ3v) is 4.14. The predicted octanol–water partition coefficient (Wildman–Crippen LogP) is -0.716. The largest absolute Gasteiger partial charge is 0.394 e. The van der Waals surface area contributed by atoms with Crippen LogP contribution in [0, 0.1) is 0 Å². The first-order valence-electron chi connectivity index (χ1n) is 7.68. The molecule has 1 fully saturated rings. The first kappa shape index (κ1) is 16.1. The molecule has 3 rings (SSSR count). The minimum atomic E-state index is -1.18. The lowest BCUT2D eigenvalue weighted by Gasteiger charge is -2.18. The second-order valence-electron chi connectivity index (χ2n) is 5.43. The molecular formula is C14H21N5O4. The molecule has 3 heterocycles. The lowest BCUT2D eigenvalue weighted by molar-refractivity contribution is -0.0564. The number of aromatic nitrogens is 4. The summed E-state index contributed by atoms with van der Waals surface area (Å²) in [7, 11) is 0. The molecule has 9 nitrogen and oxygen atoms in total. The summed E-state index contributed by atoms with van der Waals surface area (Å²) >= 11 is 0. The van der Waals surface area contributed by atoms with Gasteiger partial charge in [-0.1, -0.05) is 0 Å². The summed E-state index contributed by atoms with van der Waals surface area (Å²) < 4.78 is 6.93. The highest BCUT2D eigenvalue weighted by Gasteiger charge is 2.44. The molecule has 2 aromatic heterocycles. The van der Waals surface area contributed by atoms with E-state index in [0.717, 1.165) is 13.1 Å². The Morgan fingerprint density at radius 3 is 2.57 bits per heavy atom. The standard InChI is InChI=1S/C14H21N5O4/c1-3-18(4-2)14-15-6-9-8(17-14)5-16-19(9)13-12(22)11(21)10(7-20)23-13/h5-6,10-13,20-22H,3-4,7H2,1-2H3/t10-,11-,12-,13-/m0/s1. The van der Waals surface area contributed by atoms with E-state index in [4.69, 9.17) is 4.74 Å². The SMILES string of the molecule is CCN(CC)c1ncc2c(cnn2[C@H]2O[C@@H](CO)[C@H](O)[C@@H]2O)n1. The highest BCUT2D eigenvalue weighted by atomic mass is 16.6. The van der Waals surface area contributed by atoms with Crippen LogP contribution in [0.1, 0.15) is 20.1 Å². The van der Waals surface area contributed by atoms with Crippen LogP contribution in [0.2, 0.25) is 0 Å². The highest BCUT2D eigenvalue weighted by molar-refractivity contribution is 5.74. The van der Waals surface area contributed by atoms with E-state index < -0.39 is 24.5 Å². The number of hydrogen-bond acceptors (Lipinski definition) is 8. The molecule has 23 heavy (non-hydrogen) atoms. The molecule has 0 saturated carbocycles. The van der Waals surface area contributed by atoms with Crippen LogP contribution in [0.5, 0.6) is 0 Å². The number of nitrogens with zero attached hydrogens (tertiary/aromatic N) is 5. The number of anilines is 1. The molecule has 2 aromatic rings. The third kappa shape index (κ3) is 2.65. The third-order valence-electron chi connectivity index (χ3n) is 4.14. The van der Waals surface area contributed by atoms with Crippen molar-refractivity contribution in [3.63, 3.8) is 0 Å². The maximum atomic E-state index is 10.1. The van der Waals surface area contributed by atoms with Gasteiger partial charge in [0, 0.05) is 13.1 Å². The van der Waals surface area contributed by atoms with E-state index in [1.807, 2.05) is 18.7 Å². The molecule has 3 N–H and O–H groups in total. The predicted molar refractivity (Wildman–Crippen MR) is 81.9 cm³/mol. The Labute approximate surface area is 133 Å². The normalized spacial score (nSPS) is 27.7. The molecule has 1 saturated heterocycles. The van der Waals surface area contributed by atoms with E-state index in [0.29, 0.717) is 17.0 Å². The van der Waals surface area contributed by atoms with Crippen LogP contribution in [-0.4, -0.2) is 73.1 Å². The topological polar surface area (TPSA) is 117 Å². The van der Waals surface area contributed by atoms with Gasteiger partial charge in [-0.25, -0.2) is 14.6 Å². The lowest BCUT2D eigenvalue weighted by atomic mass is 10.1. The van der Waals surface area contributed by atoms with Gasteiger partial charge in [-0.15, -0.1) is 0 Å². The molecule has 4 atom stereocenters. The van der Waals surface area contributed by atoms with E-state index >= 15 is 0 Å². The molecule has 1 aliphatic heterocycles. The zero-order chi connectivity index (χ0) is 16.6. The van der Waals surface area contributed by atoms with Gasteiger partial charge in [0.2, 0.25) is 5.95 Å². The van der Waals surface area contributed by atoms with E-state index in [9.17, 15) is 15.3 Å². The quantitative estimate of drug-likeness (QED) is 0.660. The molecule has 0 bridgehead atoms. The van der Waals surface area contributed by atoms with Crippen molar-refractivity contribution in [2.24, 2.45) is 0 Å². The Morgan fingerprint density at radius 2 is 1.96 bits per heavy atom. The molecule has 1 aliphatic rings. The van der Waals surface area contributed by atoms with Crippen molar-refractivity contribution in [3.05, 3.63) is 12.4 Å². The fourth-order valence-corrected chi connectivity index (χ4v) is 2.77. The molecule has 0 radical (unpaired) electrons. The van der Waals surface area contributed by atoms with Gasteiger partial charge in [-0.3, -0.25) is 0 Å². The molecule has 126 valence electrons. The summed E-state index contributed by atoms with van der Waals surface area (Å²) in [5.41, 5.74) is 1.22. The number of ether oxygens (including phenoxy) is 1. The molecule has 0 aromatic carbocycles. The minimum absolute atomic E-state index is 0.378. The van der Waals surface area contributed by atoms with Gasteiger partial charge in [0.1, 0.15) is 29.3 Å². The van der Waals surface area contributed by atoms with Gasteiger partial charge < -0.3 is 25.0 Å². The average molecular weight is 323 g/mol. The van der Waals surface area contributed by atoms with Crippen molar-refractivity contribution in [2.45, 2.75) is 38.4 Å². The lowest BCUT2D eigenvalue weighted by Crippen LogP contribution is -2.33. The first-order chi connectivity index (χ1) is 11.1. The van der Waals surface area contributed by atoms with Crippen LogP contribution < -0.4 is 4.90 Å². The first-order valence-corrected chi connectivity index (χ1v) is 7.68. The smallest absolute Gasteiger partial charge is 0.226 e. The van der Waals surface area contributed by atoms with Crippen molar-refractivity contribution in [1.29, 1.82) is 0 Å². The van der Waals surface area contributed by atoms with Crippen LogP contribution in [0.25, 0.3) is 11.0 Å². The average Bonchev–Trinajstić information content (AvgIpc) is 3.10. The van der Waals surface area contributed by atoms with Gasteiger partial charge in [0.05, 0.1) is 19.0 Å². The summed E-state index contributed by atoms with van der Waals surface area (Å²) in [5, 5.41) is 33.4. The van der Waals surface area contributed by atoms with Gasteiger partial charge in [0.15, 0.2) is 6.23 Å². The molecule has 0 amide bonds. The second-order valence-corrected chi connectivity index (χ2v) is 5.43. The Kier molecular flexibility index (Phi) is 4.44. The van der Waals surface area contributed by atoms with Crippen LogP contribution in [-0.2, 0) is 4.74 Å². The van der Waals surface area contributed by atoms with Gasteiger partial charge >= 0.3 is 0 Å². The summed E-state index contributed by atoms with van der Waals surface area (Å²) in [4.78, 5) is 10.8. The Bertz CT molecular complexity index is 674. The number of rotatable bonds is 5. The maximum Gasteiger partial charge on any atom is 0.226 e. The van der Waals surface area contributed by atoms with Gasteiger partial charge in [-0.05, 0) is 13.8 Å². The number of fused-ring (bicyclic) bond motifs is 1. The van der Waals surface area contributed by atoms with Crippen LogP contribution in [0.4, 0.5) is 5.95 Å². The fraction of sp³-hybridized carbons (Fsp3) is 0.643. The highest BCUT2D eigenvalue weighted by Crippen LogP contribution is 2.31. The van der Waals surface area contributed by atoms with Crippen LogP contribution >= 0.6 is 0 Å². The summed E-state index contributed by atoms with van der Waals surface area (Å²) in [5.74, 6) is 0.614. The van der Waals surface area contributed by atoms with E-state index in [1.165, 1.54) is 4.68 Å². The van der Waals surface area contributed by atoms with Crippen LogP contribution in [0.3, 0.4) is 0 Å². The molecular weight excluding hydrogens is 302 g/mol. The number of aliphatic hydroxyl groups is 3. The number of hydrogen-bond donors (Lipinski definition) is 3. The zero-order valence-electron chi connectivity index (χ0n) is 13.1. The monoisotopic (exact) mass is 323 g/mol. The van der Waals surface area contributed by atoms with E-state index in [-0.39, 0.29) is 6.61 Å². The van der Waals surface area contributed by atoms with Crippen molar-refractivity contribution >= 4 is 17.0 Å². The summed E-state index contributed by atoms with van der Waals surface area (Å²) in [6, 6.07) is 0. The van der Waals surface area contributed by atoms with E-state index in [2.05, 4.69) is 15.1 Å². The fourth-order valence-electron chi connectivity index (χ4n) is 2.77. The molecule has 0 unspecified atom stereocenters. The van der Waals surface area contributed by atoms with Crippen molar-refractivity contribution in [3.8, 4) is 0 Å². The zero-order valence-corrected chi connectivity index (χ0v) is 13.1. The van der Waals surface area contributed by atoms with Crippen LogP contribution in [0.15, 0.2) is 12.4 Å². The van der Waals surface area contributed by atoms with Gasteiger partial charge in [-0.2, -0.15) is 5.10 Å². The van der Waals surface area contributed by atoms with Crippen molar-refractivity contribution in [2.75, 3.05) is 24.6 Å². The number of aliphatic hydroxyl groups excluding tert-OH is 3. The van der Waals surface area contributed by atoms with Crippen molar-refractivity contribution < 1.29 is 20.1 Å². The second kappa shape index (κ2) is 6.36. The molecule has 0 aliphatic carbocycles.